The predicted octanol–water partition coefficient (Wildman–Crippen LogP) is 1.62. The first-order valence-electron chi connectivity index (χ1n) is 7.38. The highest BCUT2D eigenvalue weighted by molar-refractivity contribution is 5.83. The van der Waals surface area contributed by atoms with E-state index in [0.717, 1.165) is 31.4 Å². The SMILES string of the molecule is CC1(C(=O)NCC2Cc3ccccc3O2)CCCC1N. The Hall–Kier alpha value is -1.55. The number of rotatable bonds is 3. The molecular formula is C16H22N2O2. The molecule has 3 unspecified atom stereocenters. The van der Waals surface area contributed by atoms with Crippen LogP contribution in [0.25, 0.3) is 0 Å². The van der Waals surface area contributed by atoms with Crippen LogP contribution in [0.1, 0.15) is 31.7 Å². The number of nitrogens with two attached hydrogens (primary N) is 1. The highest BCUT2D eigenvalue weighted by atomic mass is 16.5. The van der Waals surface area contributed by atoms with Gasteiger partial charge in [-0.3, -0.25) is 4.79 Å². The monoisotopic (exact) mass is 274 g/mol. The summed E-state index contributed by atoms with van der Waals surface area (Å²) in [5.74, 6) is 1.01. The van der Waals surface area contributed by atoms with E-state index in [4.69, 9.17) is 10.5 Å². The second kappa shape index (κ2) is 5.09. The highest BCUT2D eigenvalue weighted by Gasteiger charge is 2.43. The largest absolute Gasteiger partial charge is 0.488 e. The number of nitrogens with one attached hydrogen (secondary N) is 1. The number of benzene rings is 1. The van der Waals surface area contributed by atoms with Crippen LogP contribution in [0.2, 0.25) is 0 Å². The number of ether oxygens (including phenoxy) is 1. The Morgan fingerprint density at radius 1 is 1.50 bits per heavy atom. The summed E-state index contributed by atoms with van der Waals surface area (Å²) in [6.07, 6.45) is 3.76. The summed E-state index contributed by atoms with van der Waals surface area (Å²) in [6, 6.07) is 8.01. The highest BCUT2D eigenvalue weighted by Crippen LogP contribution is 2.37. The molecule has 0 aromatic heterocycles. The second-order valence-electron chi connectivity index (χ2n) is 6.18. The molecule has 3 rings (SSSR count). The van der Waals surface area contributed by atoms with Gasteiger partial charge in [-0.25, -0.2) is 0 Å². The van der Waals surface area contributed by atoms with Gasteiger partial charge in [0.05, 0.1) is 12.0 Å². The first-order chi connectivity index (χ1) is 9.59. The maximum atomic E-state index is 12.4. The van der Waals surface area contributed by atoms with Crippen LogP contribution in [-0.4, -0.2) is 24.6 Å². The van der Waals surface area contributed by atoms with Crippen LogP contribution >= 0.6 is 0 Å². The lowest BCUT2D eigenvalue weighted by atomic mass is 9.84. The summed E-state index contributed by atoms with van der Waals surface area (Å²) in [7, 11) is 0. The van der Waals surface area contributed by atoms with Crippen molar-refractivity contribution in [3.05, 3.63) is 29.8 Å². The van der Waals surface area contributed by atoms with Crippen LogP contribution in [0.15, 0.2) is 24.3 Å². The number of carbonyl (C=O) groups excluding carboxylic acids is 1. The van der Waals surface area contributed by atoms with Crippen molar-refractivity contribution in [2.75, 3.05) is 6.54 Å². The van der Waals surface area contributed by atoms with Crippen molar-refractivity contribution in [2.45, 2.75) is 44.8 Å². The zero-order chi connectivity index (χ0) is 14.2. The quantitative estimate of drug-likeness (QED) is 0.880. The third-order valence-corrected chi connectivity index (χ3v) is 4.75. The molecule has 0 spiro atoms. The lowest BCUT2D eigenvalue weighted by Gasteiger charge is -2.28. The van der Waals surface area contributed by atoms with Gasteiger partial charge < -0.3 is 15.8 Å². The van der Waals surface area contributed by atoms with Gasteiger partial charge in [-0.1, -0.05) is 24.6 Å². The van der Waals surface area contributed by atoms with Crippen LogP contribution in [0.4, 0.5) is 0 Å². The molecule has 1 aliphatic heterocycles. The Kier molecular flexibility index (Phi) is 3.42. The molecule has 20 heavy (non-hydrogen) atoms. The molecule has 1 aliphatic carbocycles. The minimum absolute atomic E-state index is 0.0239. The number of para-hydroxylation sites is 1. The van der Waals surface area contributed by atoms with Gasteiger partial charge in [-0.2, -0.15) is 0 Å². The van der Waals surface area contributed by atoms with E-state index in [9.17, 15) is 4.79 Å². The van der Waals surface area contributed by atoms with Crippen molar-refractivity contribution in [3.8, 4) is 5.75 Å². The summed E-state index contributed by atoms with van der Waals surface area (Å²) in [5, 5.41) is 3.03. The topological polar surface area (TPSA) is 64.3 Å². The van der Waals surface area contributed by atoms with Crippen molar-refractivity contribution in [3.63, 3.8) is 0 Å². The van der Waals surface area contributed by atoms with E-state index in [0.29, 0.717) is 6.54 Å². The predicted molar refractivity (Wildman–Crippen MR) is 77.5 cm³/mol. The van der Waals surface area contributed by atoms with Gasteiger partial charge in [0.1, 0.15) is 11.9 Å². The third-order valence-electron chi connectivity index (χ3n) is 4.75. The van der Waals surface area contributed by atoms with Gasteiger partial charge in [-0.05, 0) is 31.4 Å². The molecule has 2 aliphatic rings. The van der Waals surface area contributed by atoms with Gasteiger partial charge in [0, 0.05) is 12.5 Å². The van der Waals surface area contributed by atoms with E-state index in [-0.39, 0.29) is 18.1 Å². The Morgan fingerprint density at radius 3 is 3.00 bits per heavy atom. The number of amides is 1. The number of fused-ring (bicyclic) bond motifs is 1. The molecule has 1 aromatic carbocycles. The van der Waals surface area contributed by atoms with E-state index in [1.165, 1.54) is 5.56 Å². The second-order valence-corrected chi connectivity index (χ2v) is 6.18. The first kappa shape index (κ1) is 13.4. The molecule has 4 heteroatoms. The average molecular weight is 274 g/mol. The Morgan fingerprint density at radius 2 is 2.30 bits per heavy atom. The molecule has 4 nitrogen and oxygen atoms in total. The standard InChI is InChI=1S/C16H22N2O2/c1-16(8-4-7-14(16)17)15(19)18-10-12-9-11-5-2-3-6-13(11)20-12/h2-3,5-6,12,14H,4,7-10,17H2,1H3,(H,18,19). The van der Waals surface area contributed by atoms with E-state index in [1.807, 2.05) is 25.1 Å². The lowest BCUT2D eigenvalue weighted by Crippen LogP contribution is -2.49. The fourth-order valence-electron chi connectivity index (χ4n) is 3.25. The Labute approximate surface area is 119 Å². The molecule has 1 heterocycles. The lowest BCUT2D eigenvalue weighted by molar-refractivity contribution is -0.130. The molecule has 3 atom stereocenters. The normalized spacial score (nSPS) is 31.7. The van der Waals surface area contributed by atoms with Crippen LogP contribution in [0.3, 0.4) is 0 Å². The molecule has 0 saturated heterocycles. The van der Waals surface area contributed by atoms with E-state index in [2.05, 4.69) is 11.4 Å². The molecule has 3 N–H and O–H groups in total. The fraction of sp³-hybridized carbons (Fsp3) is 0.562. The van der Waals surface area contributed by atoms with E-state index >= 15 is 0 Å². The average Bonchev–Trinajstić information content (AvgIpc) is 3.00. The van der Waals surface area contributed by atoms with Crippen LogP contribution in [0, 0.1) is 5.41 Å². The van der Waals surface area contributed by atoms with E-state index in [1.54, 1.807) is 0 Å². The zero-order valence-corrected chi connectivity index (χ0v) is 11.9. The molecule has 0 radical (unpaired) electrons. The summed E-state index contributed by atoms with van der Waals surface area (Å²) in [4.78, 5) is 12.4. The third kappa shape index (κ3) is 2.29. The van der Waals surface area contributed by atoms with E-state index < -0.39 is 5.41 Å². The summed E-state index contributed by atoms with van der Waals surface area (Å²) >= 11 is 0. The Bertz CT molecular complexity index is 492. The first-order valence-corrected chi connectivity index (χ1v) is 7.38. The summed E-state index contributed by atoms with van der Waals surface area (Å²) < 4.78 is 5.83. The van der Waals surface area contributed by atoms with Gasteiger partial charge in [-0.15, -0.1) is 0 Å². The Balaban J connectivity index is 1.55. The molecule has 1 amide bonds. The molecule has 0 bridgehead atoms. The maximum absolute atomic E-state index is 12.4. The van der Waals surface area contributed by atoms with Crippen molar-refractivity contribution in [2.24, 2.45) is 11.1 Å². The molecular weight excluding hydrogens is 252 g/mol. The van der Waals surface area contributed by atoms with Gasteiger partial charge in [0.2, 0.25) is 5.91 Å². The van der Waals surface area contributed by atoms with Gasteiger partial charge >= 0.3 is 0 Å². The minimum Gasteiger partial charge on any atom is -0.488 e. The van der Waals surface area contributed by atoms with Gasteiger partial charge in [0.15, 0.2) is 0 Å². The zero-order valence-electron chi connectivity index (χ0n) is 11.9. The molecule has 1 fully saturated rings. The molecule has 108 valence electrons. The van der Waals surface area contributed by atoms with Crippen LogP contribution in [0.5, 0.6) is 5.75 Å². The van der Waals surface area contributed by atoms with Crippen molar-refractivity contribution >= 4 is 5.91 Å². The maximum Gasteiger partial charge on any atom is 0.227 e. The fourth-order valence-corrected chi connectivity index (χ4v) is 3.25. The summed E-state index contributed by atoms with van der Waals surface area (Å²) in [5.41, 5.74) is 6.88. The number of carbonyl (C=O) groups is 1. The minimum atomic E-state index is -0.411. The number of hydrogen-bond acceptors (Lipinski definition) is 3. The van der Waals surface area contributed by atoms with Crippen LogP contribution < -0.4 is 15.8 Å². The van der Waals surface area contributed by atoms with Crippen molar-refractivity contribution in [1.29, 1.82) is 0 Å². The summed E-state index contributed by atoms with van der Waals surface area (Å²) in [6.45, 7) is 2.53. The van der Waals surface area contributed by atoms with Gasteiger partial charge in [0.25, 0.3) is 0 Å². The van der Waals surface area contributed by atoms with Crippen molar-refractivity contribution < 1.29 is 9.53 Å². The molecule has 1 aromatic rings. The van der Waals surface area contributed by atoms with Crippen molar-refractivity contribution in [1.82, 2.24) is 5.32 Å². The molecule has 1 saturated carbocycles. The smallest absolute Gasteiger partial charge is 0.227 e. The van der Waals surface area contributed by atoms with Crippen LogP contribution in [-0.2, 0) is 11.2 Å². The number of hydrogen-bond donors (Lipinski definition) is 2.